The van der Waals surface area contributed by atoms with Gasteiger partial charge in [-0.15, -0.1) is 10.2 Å². The van der Waals surface area contributed by atoms with Gasteiger partial charge >= 0.3 is 0 Å². The fourth-order valence-corrected chi connectivity index (χ4v) is 3.91. The van der Waals surface area contributed by atoms with Crippen molar-refractivity contribution in [3.05, 3.63) is 41.9 Å². The molecular formula is C22H25N3O5S. The summed E-state index contributed by atoms with van der Waals surface area (Å²) in [5, 5.41) is 11.5. The van der Waals surface area contributed by atoms with Crippen molar-refractivity contribution in [3.8, 4) is 23.0 Å². The number of hydrogen-bond donors (Lipinski definition) is 1. The van der Waals surface area contributed by atoms with Gasteiger partial charge in [-0.3, -0.25) is 4.79 Å². The third-order valence-corrected chi connectivity index (χ3v) is 5.75. The van der Waals surface area contributed by atoms with E-state index >= 15 is 0 Å². The van der Waals surface area contributed by atoms with Gasteiger partial charge in [-0.2, -0.15) is 0 Å². The molecule has 8 nitrogen and oxygen atoms in total. The quantitative estimate of drug-likeness (QED) is 0.536. The summed E-state index contributed by atoms with van der Waals surface area (Å²) < 4.78 is 22.4. The number of amides is 1. The number of thioether (sulfide) groups is 1. The highest BCUT2D eigenvalue weighted by Crippen LogP contribution is 2.34. The first kappa shape index (κ1) is 21.3. The first-order chi connectivity index (χ1) is 15.0. The van der Waals surface area contributed by atoms with Gasteiger partial charge in [0.2, 0.25) is 5.91 Å². The molecule has 0 radical (unpaired) electrons. The number of ether oxygens (including phenoxy) is 2. The summed E-state index contributed by atoms with van der Waals surface area (Å²) in [5.41, 5.74) is 1.73. The van der Waals surface area contributed by atoms with E-state index in [0.29, 0.717) is 30.1 Å². The molecule has 3 aromatic rings. The highest BCUT2D eigenvalue weighted by molar-refractivity contribution is 7.99. The molecule has 9 heteroatoms. The molecule has 4 rings (SSSR count). The first-order valence-electron chi connectivity index (χ1n) is 10.2. The normalized spacial score (nSPS) is 14.3. The van der Waals surface area contributed by atoms with Gasteiger partial charge in [0.15, 0.2) is 11.5 Å². The maximum atomic E-state index is 12.6. The van der Waals surface area contributed by atoms with Crippen LogP contribution in [-0.2, 0) is 4.79 Å². The van der Waals surface area contributed by atoms with Crippen LogP contribution >= 0.6 is 11.8 Å². The molecule has 1 aromatic carbocycles. The molecule has 2 aromatic heterocycles. The zero-order valence-corrected chi connectivity index (χ0v) is 18.5. The van der Waals surface area contributed by atoms with E-state index in [9.17, 15) is 4.79 Å². The van der Waals surface area contributed by atoms with Gasteiger partial charge in [-0.25, -0.2) is 0 Å². The molecule has 0 saturated heterocycles. The Bertz CT molecular complexity index is 1050. The van der Waals surface area contributed by atoms with Crippen molar-refractivity contribution in [2.75, 3.05) is 19.0 Å². The summed E-state index contributed by atoms with van der Waals surface area (Å²) >= 11 is 1.20. The SMILES string of the molecule is Cc1occc1-c1nnc(SCC(=O)N[C@@H](c2ccc3c(c2)OCCCO3)C(C)C)o1. The zero-order valence-electron chi connectivity index (χ0n) is 17.7. The van der Waals surface area contributed by atoms with Crippen LogP contribution in [0.25, 0.3) is 11.5 Å². The molecule has 0 unspecified atom stereocenters. The zero-order chi connectivity index (χ0) is 21.8. The number of carbonyl (C=O) groups is 1. The van der Waals surface area contributed by atoms with E-state index < -0.39 is 0 Å². The lowest BCUT2D eigenvalue weighted by atomic mass is 9.95. The Kier molecular flexibility index (Phi) is 6.50. The highest BCUT2D eigenvalue weighted by Gasteiger charge is 2.22. The van der Waals surface area contributed by atoms with Crippen LogP contribution in [-0.4, -0.2) is 35.1 Å². The van der Waals surface area contributed by atoms with Gasteiger partial charge in [-0.1, -0.05) is 31.7 Å². The van der Waals surface area contributed by atoms with Gasteiger partial charge < -0.3 is 23.6 Å². The minimum absolute atomic E-state index is 0.116. The summed E-state index contributed by atoms with van der Waals surface area (Å²) in [7, 11) is 0. The molecule has 0 saturated carbocycles. The van der Waals surface area contributed by atoms with Crippen molar-refractivity contribution in [1.29, 1.82) is 0 Å². The Morgan fingerprint density at radius 3 is 2.71 bits per heavy atom. The van der Waals surface area contributed by atoms with Crippen LogP contribution in [0, 0.1) is 12.8 Å². The molecule has 1 N–H and O–H groups in total. The average Bonchev–Trinajstić information content (AvgIpc) is 3.32. The molecule has 0 aliphatic carbocycles. The summed E-state index contributed by atoms with van der Waals surface area (Å²) in [4.78, 5) is 12.6. The number of aromatic nitrogens is 2. The highest BCUT2D eigenvalue weighted by atomic mass is 32.2. The molecule has 1 atom stereocenters. The molecule has 31 heavy (non-hydrogen) atoms. The van der Waals surface area contributed by atoms with Crippen LogP contribution in [0.5, 0.6) is 11.5 Å². The van der Waals surface area contributed by atoms with Crippen molar-refractivity contribution in [2.45, 2.75) is 38.5 Å². The summed E-state index contributed by atoms with van der Waals surface area (Å²) in [6.45, 7) is 7.23. The minimum Gasteiger partial charge on any atom is -0.490 e. The lowest BCUT2D eigenvalue weighted by Crippen LogP contribution is -2.33. The molecular weight excluding hydrogens is 418 g/mol. The number of carbonyl (C=O) groups excluding carboxylic acids is 1. The molecule has 0 bridgehead atoms. The van der Waals surface area contributed by atoms with Gasteiger partial charge in [0.1, 0.15) is 5.76 Å². The summed E-state index contributed by atoms with van der Waals surface area (Å²) in [5.74, 6) is 2.78. The van der Waals surface area contributed by atoms with Crippen molar-refractivity contribution < 1.29 is 23.1 Å². The smallest absolute Gasteiger partial charge is 0.277 e. The Balaban J connectivity index is 1.39. The van der Waals surface area contributed by atoms with Crippen molar-refractivity contribution in [1.82, 2.24) is 15.5 Å². The van der Waals surface area contributed by atoms with E-state index in [0.717, 1.165) is 29.0 Å². The number of furan rings is 1. The minimum atomic E-state index is -0.155. The van der Waals surface area contributed by atoms with Crippen LogP contribution in [0.2, 0.25) is 0 Å². The standard InChI is InChI=1S/C22H25N3O5S/c1-13(2)20(15-5-6-17-18(11-15)29-9-4-8-28-17)23-19(26)12-31-22-25-24-21(30-22)16-7-10-27-14(16)3/h5-7,10-11,13,20H,4,8-9,12H2,1-3H3,(H,23,26)/t20-/m1/s1. The van der Waals surface area contributed by atoms with Crippen LogP contribution in [0.1, 0.15) is 37.6 Å². The topological polar surface area (TPSA) is 99.6 Å². The predicted octanol–water partition coefficient (Wildman–Crippen LogP) is 4.40. The third kappa shape index (κ3) is 5.04. The van der Waals surface area contributed by atoms with E-state index in [1.807, 2.05) is 25.1 Å². The number of aryl methyl sites for hydroxylation is 1. The van der Waals surface area contributed by atoms with Gasteiger partial charge in [-0.05, 0) is 36.6 Å². The second-order valence-electron chi connectivity index (χ2n) is 7.60. The van der Waals surface area contributed by atoms with Crippen LogP contribution < -0.4 is 14.8 Å². The molecule has 1 aliphatic rings. The summed E-state index contributed by atoms with van der Waals surface area (Å²) in [6.07, 6.45) is 2.42. The van der Waals surface area contributed by atoms with E-state index in [4.69, 9.17) is 18.3 Å². The van der Waals surface area contributed by atoms with Gasteiger partial charge in [0.25, 0.3) is 11.1 Å². The molecule has 164 valence electrons. The monoisotopic (exact) mass is 443 g/mol. The van der Waals surface area contributed by atoms with Crippen molar-refractivity contribution in [2.24, 2.45) is 5.92 Å². The fourth-order valence-electron chi connectivity index (χ4n) is 3.33. The average molecular weight is 444 g/mol. The number of rotatable bonds is 7. The number of nitrogens with zero attached hydrogens (tertiary/aromatic N) is 2. The second-order valence-corrected chi connectivity index (χ2v) is 8.52. The largest absolute Gasteiger partial charge is 0.490 e. The molecule has 1 aliphatic heterocycles. The van der Waals surface area contributed by atoms with E-state index in [1.54, 1.807) is 12.3 Å². The Morgan fingerprint density at radius 1 is 1.16 bits per heavy atom. The van der Waals surface area contributed by atoms with E-state index in [1.165, 1.54) is 11.8 Å². The maximum Gasteiger partial charge on any atom is 0.277 e. The van der Waals surface area contributed by atoms with E-state index in [2.05, 4.69) is 29.4 Å². The lowest BCUT2D eigenvalue weighted by Gasteiger charge is -2.23. The second kappa shape index (κ2) is 9.47. The Labute approximate surface area is 184 Å². The van der Waals surface area contributed by atoms with Crippen LogP contribution in [0.15, 0.2) is 44.6 Å². The van der Waals surface area contributed by atoms with Crippen LogP contribution in [0.4, 0.5) is 0 Å². The molecule has 0 fully saturated rings. The van der Waals surface area contributed by atoms with Crippen molar-refractivity contribution in [3.63, 3.8) is 0 Å². The first-order valence-corrected chi connectivity index (χ1v) is 11.2. The molecule has 0 spiro atoms. The van der Waals surface area contributed by atoms with Gasteiger partial charge in [0, 0.05) is 6.42 Å². The molecule has 3 heterocycles. The van der Waals surface area contributed by atoms with Gasteiger partial charge in [0.05, 0.1) is 36.8 Å². The Morgan fingerprint density at radius 2 is 1.97 bits per heavy atom. The van der Waals surface area contributed by atoms with Crippen molar-refractivity contribution >= 4 is 17.7 Å². The van der Waals surface area contributed by atoms with Crippen LogP contribution in [0.3, 0.4) is 0 Å². The molecule has 1 amide bonds. The fraction of sp³-hybridized carbons (Fsp3) is 0.409. The summed E-state index contributed by atoms with van der Waals surface area (Å²) in [6, 6.07) is 7.45. The number of benzene rings is 1. The number of hydrogen-bond acceptors (Lipinski definition) is 8. The maximum absolute atomic E-state index is 12.6. The third-order valence-electron chi connectivity index (χ3n) is 4.94. The predicted molar refractivity (Wildman–Crippen MR) is 115 cm³/mol. The number of fused-ring (bicyclic) bond motifs is 1. The lowest BCUT2D eigenvalue weighted by molar-refractivity contribution is -0.119. The van der Waals surface area contributed by atoms with E-state index in [-0.39, 0.29) is 23.6 Å². The number of nitrogens with one attached hydrogen (secondary N) is 1. The Hall–Kier alpha value is -2.94.